The average Bonchev–Trinajstić information content (AvgIpc) is 3.09. The van der Waals surface area contributed by atoms with Gasteiger partial charge in [-0.1, -0.05) is 94.8 Å². The smallest absolute Gasteiger partial charge is 0.0186 e. The van der Waals surface area contributed by atoms with Crippen molar-refractivity contribution in [2.45, 2.75) is 19.6 Å². The molecule has 0 nitrogen and oxygen atoms in total. The van der Waals surface area contributed by atoms with Crippen molar-refractivity contribution in [3.63, 3.8) is 0 Å². The summed E-state index contributed by atoms with van der Waals surface area (Å²) in [6.07, 6.45) is 0. The Balaban J connectivity index is 1.86. The molecule has 0 fully saturated rings. The van der Waals surface area contributed by atoms with E-state index < -0.39 is 10.0 Å². The Labute approximate surface area is 186 Å². The zero-order valence-corrected chi connectivity index (χ0v) is 18.7. The fourth-order valence-electron chi connectivity index (χ4n) is 4.75. The summed E-state index contributed by atoms with van der Waals surface area (Å²) in [5, 5.41) is 2.63. The van der Waals surface area contributed by atoms with Crippen molar-refractivity contribution >= 4 is 36.7 Å². The summed E-state index contributed by atoms with van der Waals surface area (Å²) < 4.78 is 1.13. The fraction of sp³-hybridized carbons (Fsp3) is 0. The first-order valence-electron chi connectivity index (χ1n) is 10.1. The summed E-state index contributed by atoms with van der Waals surface area (Å²) in [4.78, 5) is 5.64. The monoisotopic (exact) mass is 466 g/mol. The summed E-state index contributed by atoms with van der Waals surface area (Å²) in [5.41, 5.74) is 2.70. The van der Waals surface area contributed by atoms with Crippen molar-refractivity contribution in [2.75, 3.05) is 0 Å². The van der Waals surface area contributed by atoms with Crippen LogP contribution in [0.2, 0.25) is 0 Å². The topological polar surface area (TPSA) is 0 Å². The lowest BCUT2D eigenvalue weighted by atomic mass is 10.1. The molecule has 0 saturated heterocycles. The van der Waals surface area contributed by atoms with Gasteiger partial charge in [-0.05, 0) is 58.3 Å². The highest BCUT2D eigenvalue weighted by Crippen LogP contribution is 2.80. The Kier molecular flexibility index (Phi) is 4.12. The average molecular weight is 467 g/mol. The SMILES string of the molecule is Brc1ccc2c(c1)S(c1ccccc1)(c1cccc3ccccc13)c1ccccc1-2. The van der Waals surface area contributed by atoms with Gasteiger partial charge in [-0.25, -0.2) is 0 Å². The molecule has 2 heteroatoms. The summed E-state index contributed by atoms with van der Waals surface area (Å²) >= 11 is 3.77. The first kappa shape index (κ1) is 18.0. The standard InChI is InChI=1S/C28H19BrS/c29-21-17-18-25-24-14-6-7-15-27(24)30(28(25)19-21,22-11-2-1-3-12-22)26-16-8-10-20-9-4-5-13-23(20)26/h1-19H. The van der Waals surface area contributed by atoms with Crippen molar-refractivity contribution < 1.29 is 0 Å². The fourth-order valence-corrected chi connectivity index (χ4v) is 9.70. The Morgan fingerprint density at radius 3 is 2.07 bits per heavy atom. The van der Waals surface area contributed by atoms with E-state index in [2.05, 4.69) is 131 Å². The molecule has 1 aliphatic rings. The van der Waals surface area contributed by atoms with Gasteiger partial charge in [0.25, 0.3) is 0 Å². The van der Waals surface area contributed by atoms with E-state index in [-0.39, 0.29) is 0 Å². The molecule has 1 aliphatic heterocycles. The van der Waals surface area contributed by atoms with E-state index in [9.17, 15) is 0 Å². The Morgan fingerprint density at radius 1 is 0.500 bits per heavy atom. The predicted octanol–water partition coefficient (Wildman–Crippen LogP) is 8.92. The first-order valence-corrected chi connectivity index (χ1v) is 12.5. The predicted molar refractivity (Wildman–Crippen MR) is 131 cm³/mol. The van der Waals surface area contributed by atoms with Gasteiger partial charge in [-0.2, -0.15) is 0 Å². The van der Waals surface area contributed by atoms with Gasteiger partial charge < -0.3 is 0 Å². The molecule has 6 rings (SSSR count). The zero-order chi connectivity index (χ0) is 20.1. The minimum atomic E-state index is -1.62. The third-order valence-electron chi connectivity index (χ3n) is 5.96. The van der Waals surface area contributed by atoms with E-state index in [1.165, 1.54) is 41.5 Å². The Hall–Kier alpha value is -2.81. The molecule has 0 aliphatic carbocycles. The van der Waals surface area contributed by atoms with E-state index in [4.69, 9.17) is 0 Å². The molecular weight excluding hydrogens is 448 g/mol. The lowest BCUT2D eigenvalue weighted by molar-refractivity contribution is 1.31. The van der Waals surface area contributed by atoms with Crippen LogP contribution in [0, 0.1) is 0 Å². The van der Waals surface area contributed by atoms with E-state index in [1.54, 1.807) is 0 Å². The van der Waals surface area contributed by atoms with Crippen LogP contribution in [0.4, 0.5) is 0 Å². The second-order valence-corrected chi connectivity index (χ2v) is 11.5. The molecule has 0 bridgehead atoms. The summed E-state index contributed by atoms with van der Waals surface area (Å²) in [5.74, 6) is 0. The quantitative estimate of drug-likeness (QED) is 0.238. The van der Waals surface area contributed by atoms with Crippen LogP contribution in [-0.2, 0) is 0 Å². The van der Waals surface area contributed by atoms with E-state index in [1.807, 2.05) is 0 Å². The molecule has 5 aromatic rings. The van der Waals surface area contributed by atoms with Gasteiger partial charge in [0, 0.05) is 24.1 Å². The third kappa shape index (κ3) is 2.41. The van der Waals surface area contributed by atoms with Crippen LogP contribution in [0.3, 0.4) is 0 Å². The van der Waals surface area contributed by atoms with Gasteiger partial charge in [0.15, 0.2) is 0 Å². The van der Waals surface area contributed by atoms with Gasteiger partial charge in [-0.15, -0.1) is 10.0 Å². The van der Waals surface area contributed by atoms with Gasteiger partial charge >= 0.3 is 0 Å². The van der Waals surface area contributed by atoms with Gasteiger partial charge in [0.2, 0.25) is 0 Å². The molecule has 1 atom stereocenters. The van der Waals surface area contributed by atoms with Crippen molar-refractivity contribution in [2.24, 2.45) is 0 Å². The van der Waals surface area contributed by atoms with Crippen LogP contribution >= 0.6 is 26.0 Å². The number of benzene rings is 5. The van der Waals surface area contributed by atoms with Crippen molar-refractivity contribution in [3.8, 4) is 11.1 Å². The maximum absolute atomic E-state index is 3.77. The highest BCUT2D eigenvalue weighted by Gasteiger charge is 2.42. The number of hydrogen-bond donors (Lipinski definition) is 0. The molecule has 30 heavy (non-hydrogen) atoms. The van der Waals surface area contributed by atoms with Gasteiger partial charge in [0.1, 0.15) is 0 Å². The molecule has 1 unspecified atom stereocenters. The van der Waals surface area contributed by atoms with E-state index >= 15 is 0 Å². The first-order chi connectivity index (χ1) is 14.8. The Bertz CT molecular complexity index is 1400. The number of hydrogen-bond acceptors (Lipinski definition) is 0. The molecule has 0 spiro atoms. The lowest BCUT2D eigenvalue weighted by Crippen LogP contribution is -2.02. The minimum Gasteiger partial charge on any atom is -0.131 e. The van der Waals surface area contributed by atoms with E-state index in [0.717, 1.165) is 4.47 Å². The maximum atomic E-state index is 3.77. The number of halogens is 1. The second kappa shape index (κ2) is 6.87. The number of rotatable bonds is 2. The zero-order valence-electron chi connectivity index (χ0n) is 16.3. The van der Waals surface area contributed by atoms with Crippen LogP contribution in [0.25, 0.3) is 21.9 Å². The summed E-state index contributed by atoms with van der Waals surface area (Å²) in [7, 11) is -1.62. The van der Waals surface area contributed by atoms with Crippen LogP contribution in [0.5, 0.6) is 0 Å². The van der Waals surface area contributed by atoms with Crippen LogP contribution in [0.1, 0.15) is 0 Å². The lowest BCUT2D eigenvalue weighted by Gasteiger charge is -2.40. The summed E-state index contributed by atoms with van der Waals surface area (Å²) in [6.45, 7) is 0. The van der Waals surface area contributed by atoms with Crippen molar-refractivity contribution in [1.29, 1.82) is 0 Å². The minimum absolute atomic E-state index is 1.13. The van der Waals surface area contributed by atoms with Gasteiger partial charge in [0.05, 0.1) is 0 Å². The molecular formula is C28H19BrS. The van der Waals surface area contributed by atoms with Crippen LogP contribution in [-0.4, -0.2) is 0 Å². The van der Waals surface area contributed by atoms with Crippen molar-refractivity contribution in [3.05, 3.63) is 120 Å². The van der Waals surface area contributed by atoms with Crippen molar-refractivity contribution in [1.82, 2.24) is 0 Å². The maximum Gasteiger partial charge on any atom is 0.0186 e. The van der Waals surface area contributed by atoms with Crippen LogP contribution in [0.15, 0.2) is 139 Å². The third-order valence-corrected chi connectivity index (χ3v) is 10.5. The van der Waals surface area contributed by atoms with E-state index in [0.29, 0.717) is 0 Å². The largest absolute Gasteiger partial charge is 0.131 e. The molecule has 1 heterocycles. The molecule has 0 aromatic heterocycles. The normalized spacial score (nSPS) is 19.1. The highest BCUT2D eigenvalue weighted by molar-refractivity contribution is 9.10. The molecule has 144 valence electrons. The summed E-state index contributed by atoms with van der Waals surface area (Å²) in [6, 6.07) is 42.4. The van der Waals surface area contributed by atoms with Crippen LogP contribution < -0.4 is 0 Å². The molecule has 0 radical (unpaired) electrons. The molecule has 0 N–H and O–H groups in total. The second-order valence-electron chi connectivity index (χ2n) is 7.54. The highest BCUT2D eigenvalue weighted by atomic mass is 79.9. The van der Waals surface area contributed by atoms with Gasteiger partial charge in [-0.3, -0.25) is 0 Å². The molecule has 5 aromatic carbocycles. The molecule has 0 saturated carbocycles. The molecule has 0 amide bonds. The Morgan fingerprint density at radius 2 is 1.17 bits per heavy atom. The number of fused-ring (bicyclic) bond motifs is 4.